The summed E-state index contributed by atoms with van der Waals surface area (Å²) in [5.74, 6) is -0.627. The van der Waals surface area contributed by atoms with E-state index in [1.807, 2.05) is 58.9 Å². The Hall–Kier alpha value is -2.88. The van der Waals surface area contributed by atoms with Gasteiger partial charge < -0.3 is 9.15 Å². The van der Waals surface area contributed by atoms with Gasteiger partial charge in [-0.05, 0) is 80.6 Å². The van der Waals surface area contributed by atoms with Gasteiger partial charge >= 0.3 is 5.97 Å². The molecule has 3 aromatic rings. The predicted molar refractivity (Wildman–Crippen MR) is 105 cm³/mol. The van der Waals surface area contributed by atoms with E-state index in [0.29, 0.717) is 5.56 Å². The van der Waals surface area contributed by atoms with Crippen molar-refractivity contribution in [1.29, 1.82) is 0 Å². The highest BCUT2D eigenvalue weighted by Crippen LogP contribution is 2.25. The van der Waals surface area contributed by atoms with Crippen molar-refractivity contribution in [2.24, 2.45) is 0 Å². The Labute approximate surface area is 159 Å². The summed E-state index contributed by atoms with van der Waals surface area (Å²) in [6, 6.07) is 7.81. The number of fused-ring (bicyclic) bond motifs is 1. The molecule has 2 aromatic carbocycles. The lowest BCUT2D eigenvalue weighted by Gasteiger charge is -2.09. The Balaban J connectivity index is 1.67. The molecule has 0 unspecified atom stereocenters. The van der Waals surface area contributed by atoms with E-state index in [9.17, 15) is 9.59 Å². The molecule has 0 N–H and O–H groups in total. The first-order valence-electron chi connectivity index (χ1n) is 9.00. The van der Waals surface area contributed by atoms with E-state index in [1.165, 1.54) is 0 Å². The van der Waals surface area contributed by atoms with Gasteiger partial charge in [-0.25, -0.2) is 0 Å². The first-order chi connectivity index (χ1) is 12.8. The zero-order valence-electron chi connectivity index (χ0n) is 16.4. The highest BCUT2D eigenvalue weighted by atomic mass is 16.5. The van der Waals surface area contributed by atoms with Crippen molar-refractivity contribution in [2.45, 2.75) is 41.0 Å². The summed E-state index contributed by atoms with van der Waals surface area (Å²) in [6.45, 7) is 9.65. The Kier molecular flexibility index (Phi) is 5.17. The molecule has 0 fully saturated rings. The van der Waals surface area contributed by atoms with Gasteiger partial charge in [0.15, 0.2) is 6.61 Å². The standard InChI is InChI=1S/C23H24O4/c1-13-6-17(5)19(7-14(13)2)21(24)12-27-23(25)10-18-11-26-22-9-16(4)15(3)8-20(18)22/h6-9,11H,10,12H2,1-5H3. The predicted octanol–water partition coefficient (Wildman–Crippen LogP) is 4.94. The van der Waals surface area contributed by atoms with Crippen LogP contribution in [0.25, 0.3) is 11.0 Å². The number of furan rings is 1. The van der Waals surface area contributed by atoms with Crippen molar-refractivity contribution in [2.75, 3.05) is 6.61 Å². The fraction of sp³-hybridized carbons (Fsp3) is 0.304. The van der Waals surface area contributed by atoms with Crippen LogP contribution in [0.3, 0.4) is 0 Å². The van der Waals surface area contributed by atoms with E-state index >= 15 is 0 Å². The molecule has 0 bridgehead atoms. The molecule has 1 heterocycles. The lowest BCUT2D eigenvalue weighted by atomic mass is 9.98. The number of hydrogen-bond acceptors (Lipinski definition) is 4. The fourth-order valence-electron chi connectivity index (χ4n) is 3.16. The lowest BCUT2D eigenvalue weighted by molar-refractivity contribution is -0.141. The number of Topliss-reactive ketones (excluding diaryl/α,β-unsaturated/α-hetero) is 1. The molecule has 0 amide bonds. The molecule has 4 nitrogen and oxygen atoms in total. The molecule has 0 spiro atoms. The first kappa shape index (κ1) is 18.9. The minimum atomic E-state index is -0.439. The van der Waals surface area contributed by atoms with Gasteiger partial charge in [0, 0.05) is 16.5 Å². The van der Waals surface area contributed by atoms with Crippen LogP contribution in [-0.4, -0.2) is 18.4 Å². The number of carbonyl (C=O) groups excluding carboxylic acids is 2. The number of esters is 1. The topological polar surface area (TPSA) is 56.5 Å². The van der Waals surface area contributed by atoms with Crippen molar-refractivity contribution < 1.29 is 18.7 Å². The molecule has 0 aliphatic rings. The van der Waals surface area contributed by atoms with Crippen LogP contribution in [0.2, 0.25) is 0 Å². The third-order valence-corrected chi connectivity index (χ3v) is 5.11. The van der Waals surface area contributed by atoms with E-state index in [-0.39, 0.29) is 18.8 Å². The maximum absolute atomic E-state index is 12.4. The second-order valence-electron chi connectivity index (χ2n) is 7.21. The van der Waals surface area contributed by atoms with Crippen molar-refractivity contribution in [1.82, 2.24) is 0 Å². The van der Waals surface area contributed by atoms with Crippen molar-refractivity contribution >= 4 is 22.7 Å². The number of benzene rings is 2. The minimum absolute atomic E-state index is 0.0781. The summed E-state index contributed by atoms with van der Waals surface area (Å²) in [7, 11) is 0. The average Bonchev–Trinajstić information content (AvgIpc) is 2.98. The van der Waals surface area contributed by atoms with E-state index in [2.05, 4.69) is 0 Å². The van der Waals surface area contributed by atoms with Crippen LogP contribution in [0.5, 0.6) is 0 Å². The molecular weight excluding hydrogens is 340 g/mol. The highest BCUT2D eigenvalue weighted by Gasteiger charge is 2.16. The zero-order chi connectivity index (χ0) is 19.7. The zero-order valence-corrected chi connectivity index (χ0v) is 16.4. The van der Waals surface area contributed by atoms with E-state index in [1.54, 1.807) is 6.26 Å². The highest BCUT2D eigenvalue weighted by molar-refractivity contribution is 5.99. The Morgan fingerprint density at radius 1 is 0.852 bits per heavy atom. The quantitative estimate of drug-likeness (QED) is 0.475. The van der Waals surface area contributed by atoms with Gasteiger partial charge in [0.25, 0.3) is 0 Å². The van der Waals surface area contributed by atoms with Gasteiger partial charge in [0.1, 0.15) is 5.58 Å². The van der Waals surface area contributed by atoms with Crippen LogP contribution in [-0.2, 0) is 16.0 Å². The number of ketones is 1. The van der Waals surface area contributed by atoms with E-state index in [4.69, 9.17) is 9.15 Å². The summed E-state index contributed by atoms with van der Waals surface area (Å²) in [5, 5.41) is 0.909. The lowest BCUT2D eigenvalue weighted by Crippen LogP contribution is -2.16. The average molecular weight is 364 g/mol. The number of rotatable bonds is 5. The monoisotopic (exact) mass is 364 g/mol. The Morgan fingerprint density at radius 3 is 2.22 bits per heavy atom. The first-order valence-corrected chi connectivity index (χ1v) is 9.00. The van der Waals surface area contributed by atoms with Gasteiger partial charge in [0.05, 0.1) is 12.7 Å². The molecule has 140 valence electrons. The molecule has 0 saturated carbocycles. The normalized spacial score (nSPS) is 11.0. The van der Waals surface area contributed by atoms with Crippen LogP contribution >= 0.6 is 0 Å². The van der Waals surface area contributed by atoms with Gasteiger partial charge in [0.2, 0.25) is 5.78 Å². The van der Waals surface area contributed by atoms with Crippen LogP contribution in [0.15, 0.2) is 34.9 Å². The summed E-state index contributed by atoms with van der Waals surface area (Å²) in [5.41, 5.74) is 7.48. The smallest absolute Gasteiger partial charge is 0.310 e. The Bertz CT molecular complexity index is 1040. The summed E-state index contributed by atoms with van der Waals surface area (Å²) >= 11 is 0. The van der Waals surface area contributed by atoms with Crippen molar-refractivity contribution in [3.63, 3.8) is 0 Å². The molecule has 0 aliphatic carbocycles. The number of ether oxygens (including phenoxy) is 1. The van der Waals surface area contributed by atoms with Gasteiger partial charge in [-0.1, -0.05) is 6.07 Å². The molecule has 4 heteroatoms. The molecule has 0 radical (unpaired) electrons. The molecule has 0 saturated heterocycles. The fourth-order valence-corrected chi connectivity index (χ4v) is 3.16. The minimum Gasteiger partial charge on any atom is -0.464 e. The molecular formula is C23H24O4. The third kappa shape index (κ3) is 3.95. The van der Waals surface area contributed by atoms with Gasteiger partial charge in [-0.15, -0.1) is 0 Å². The molecule has 0 aliphatic heterocycles. The molecule has 3 rings (SSSR count). The van der Waals surface area contributed by atoms with Crippen LogP contribution in [0.1, 0.15) is 43.7 Å². The van der Waals surface area contributed by atoms with Crippen LogP contribution in [0.4, 0.5) is 0 Å². The Morgan fingerprint density at radius 2 is 1.48 bits per heavy atom. The second kappa shape index (κ2) is 7.39. The number of carbonyl (C=O) groups is 2. The second-order valence-corrected chi connectivity index (χ2v) is 7.21. The van der Waals surface area contributed by atoms with Crippen LogP contribution in [0, 0.1) is 34.6 Å². The molecule has 27 heavy (non-hydrogen) atoms. The summed E-state index contributed by atoms with van der Waals surface area (Å²) < 4.78 is 10.8. The largest absolute Gasteiger partial charge is 0.464 e. The summed E-state index contributed by atoms with van der Waals surface area (Å²) in [6.07, 6.45) is 1.66. The summed E-state index contributed by atoms with van der Waals surface area (Å²) in [4.78, 5) is 24.7. The van der Waals surface area contributed by atoms with Crippen LogP contribution < -0.4 is 0 Å². The maximum atomic E-state index is 12.4. The van der Waals surface area contributed by atoms with E-state index < -0.39 is 5.97 Å². The SMILES string of the molecule is Cc1cc(C)c(C(=O)COC(=O)Cc2coc3cc(C)c(C)cc23)cc1C. The number of aryl methyl sites for hydroxylation is 5. The van der Waals surface area contributed by atoms with Gasteiger partial charge in [-0.3, -0.25) is 9.59 Å². The maximum Gasteiger partial charge on any atom is 0.310 e. The van der Waals surface area contributed by atoms with E-state index in [0.717, 1.165) is 44.3 Å². The van der Waals surface area contributed by atoms with Crippen molar-refractivity contribution in [3.05, 3.63) is 69.5 Å². The number of hydrogen-bond donors (Lipinski definition) is 0. The molecule has 1 aromatic heterocycles. The third-order valence-electron chi connectivity index (χ3n) is 5.11. The van der Waals surface area contributed by atoms with Gasteiger partial charge in [-0.2, -0.15) is 0 Å². The van der Waals surface area contributed by atoms with Crippen molar-refractivity contribution in [3.8, 4) is 0 Å². The molecule has 0 atom stereocenters.